The van der Waals surface area contributed by atoms with Crippen molar-refractivity contribution in [3.63, 3.8) is 0 Å². The maximum Gasteiger partial charge on any atom is 0.110 e. The first-order valence-corrected chi connectivity index (χ1v) is 5.77. The van der Waals surface area contributed by atoms with Gasteiger partial charge in [-0.05, 0) is 13.0 Å². The van der Waals surface area contributed by atoms with Crippen molar-refractivity contribution >= 4 is 0 Å². The fourth-order valence-corrected chi connectivity index (χ4v) is 1.80. The van der Waals surface area contributed by atoms with Crippen LogP contribution in [0.25, 0.3) is 11.3 Å². The second-order valence-electron chi connectivity index (χ2n) is 5.30. The Morgan fingerprint density at radius 1 is 1.41 bits per heavy atom. The van der Waals surface area contributed by atoms with E-state index in [0.29, 0.717) is 6.54 Å². The Hall–Kier alpha value is -1.55. The Kier molecular flexibility index (Phi) is 2.83. The van der Waals surface area contributed by atoms with Gasteiger partial charge in [-0.3, -0.25) is 5.10 Å². The summed E-state index contributed by atoms with van der Waals surface area (Å²) in [4.78, 5) is 0. The zero-order valence-electron chi connectivity index (χ0n) is 10.8. The van der Waals surface area contributed by atoms with Gasteiger partial charge in [0.25, 0.3) is 0 Å². The molecule has 17 heavy (non-hydrogen) atoms. The van der Waals surface area contributed by atoms with Gasteiger partial charge in [0.1, 0.15) is 11.5 Å². The van der Waals surface area contributed by atoms with E-state index in [1.807, 2.05) is 6.92 Å². The molecule has 0 saturated carbocycles. The number of nitrogens with one attached hydrogen (secondary N) is 1. The lowest BCUT2D eigenvalue weighted by atomic mass is 9.92. The lowest BCUT2D eigenvalue weighted by molar-refractivity contribution is 0.396. The molecule has 0 amide bonds. The molecule has 4 nitrogen and oxygen atoms in total. The minimum absolute atomic E-state index is 0.00586. The third kappa shape index (κ3) is 2.13. The van der Waals surface area contributed by atoms with E-state index in [4.69, 9.17) is 10.2 Å². The number of furan rings is 1. The fourth-order valence-electron chi connectivity index (χ4n) is 1.80. The summed E-state index contributed by atoms with van der Waals surface area (Å²) in [5.74, 6) is 1.87. The van der Waals surface area contributed by atoms with Gasteiger partial charge >= 0.3 is 0 Å². The number of rotatable bonds is 2. The minimum atomic E-state index is 0.00586. The predicted octanol–water partition coefficient (Wildman–Crippen LogP) is 2.73. The van der Waals surface area contributed by atoms with Crippen LogP contribution in [0.3, 0.4) is 0 Å². The molecule has 3 N–H and O–H groups in total. The van der Waals surface area contributed by atoms with E-state index in [2.05, 4.69) is 37.0 Å². The Bertz CT molecular complexity index is 517. The third-order valence-corrected chi connectivity index (χ3v) is 2.86. The van der Waals surface area contributed by atoms with Crippen molar-refractivity contribution in [3.8, 4) is 11.3 Å². The van der Waals surface area contributed by atoms with Crippen molar-refractivity contribution in [1.29, 1.82) is 0 Å². The molecular formula is C13H19N3O. The van der Waals surface area contributed by atoms with Crippen LogP contribution in [0.2, 0.25) is 0 Å². The largest absolute Gasteiger partial charge is 0.465 e. The van der Waals surface area contributed by atoms with Gasteiger partial charge in [-0.1, -0.05) is 20.8 Å². The molecule has 2 aromatic rings. The second kappa shape index (κ2) is 4.04. The SMILES string of the molecule is Cc1oc(C(C)(C)C)cc1-c1[nH]ncc1CN. The van der Waals surface area contributed by atoms with E-state index in [-0.39, 0.29) is 5.41 Å². The van der Waals surface area contributed by atoms with Crippen LogP contribution in [0.5, 0.6) is 0 Å². The molecule has 2 heterocycles. The van der Waals surface area contributed by atoms with Crippen molar-refractivity contribution in [2.75, 3.05) is 0 Å². The molecule has 2 aromatic heterocycles. The minimum Gasteiger partial charge on any atom is -0.465 e. The molecule has 0 bridgehead atoms. The van der Waals surface area contributed by atoms with Gasteiger partial charge in [-0.15, -0.1) is 0 Å². The van der Waals surface area contributed by atoms with Gasteiger partial charge in [0, 0.05) is 23.1 Å². The first-order chi connectivity index (χ1) is 7.93. The fraction of sp³-hybridized carbons (Fsp3) is 0.462. The molecule has 0 aliphatic carbocycles. The summed E-state index contributed by atoms with van der Waals surface area (Å²) in [7, 11) is 0. The number of hydrogen-bond donors (Lipinski definition) is 2. The summed E-state index contributed by atoms with van der Waals surface area (Å²) in [6.07, 6.45) is 1.76. The van der Waals surface area contributed by atoms with E-state index in [1.54, 1.807) is 6.20 Å². The lowest BCUT2D eigenvalue weighted by Crippen LogP contribution is -2.09. The number of aromatic nitrogens is 2. The molecule has 4 heteroatoms. The van der Waals surface area contributed by atoms with Gasteiger partial charge in [0.15, 0.2) is 0 Å². The zero-order valence-corrected chi connectivity index (χ0v) is 10.8. The highest BCUT2D eigenvalue weighted by Gasteiger charge is 2.22. The second-order valence-corrected chi connectivity index (χ2v) is 5.30. The Morgan fingerprint density at radius 3 is 2.65 bits per heavy atom. The monoisotopic (exact) mass is 233 g/mol. The number of nitrogens with two attached hydrogens (primary N) is 1. The standard InChI is InChI=1S/C13H19N3O/c1-8-10(5-11(17-8)13(2,3)4)12-9(6-14)7-15-16-12/h5,7H,6,14H2,1-4H3,(H,15,16). The quantitative estimate of drug-likeness (QED) is 0.838. The van der Waals surface area contributed by atoms with Crippen molar-refractivity contribution < 1.29 is 4.42 Å². The molecule has 0 radical (unpaired) electrons. The van der Waals surface area contributed by atoms with E-state index < -0.39 is 0 Å². The van der Waals surface area contributed by atoms with Crippen molar-refractivity contribution in [2.24, 2.45) is 5.73 Å². The molecule has 0 fully saturated rings. The maximum absolute atomic E-state index is 5.81. The summed E-state index contributed by atoms with van der Waals surface area (Å²) in [6.45, 7) is 8.83. The summed E-state index contributed by atoms with van der Waals surface area (Å²) in [5.41, 5.74) is 8.71. The third-order valence-electron chi connectivity index (χ3n) is 2.86. The van der Waals surface area contributed by atoms with Crippen molar-refractivity contribution in [3.05, 3.63) is 29.3 Å². The van der Waals surface area contributed by atoms with Crippen LogP contribution in [-0.2, 0) is 12.0 Å². The molecule has 0 atom stereocenters. The predicted molar refractivity (Wildman–Crippen MR) is 67.6 cm³/mol. The van der Waals surface area contributed by atoms with Crippen molar-refractivity contribution in [1.82, 2.24) is 10.2 Å². The van der Waals surface area contributed by atoms with Gasteiger partial charge in [-0.25, -0.2) is 0 Å². The molecule has 0 unspecified atom stereocenters. The smallest absolute Gasteiger partial charge is 0.110 e. The van der Waals surface area contributed by atoms with Crippen LogP contribution in [0, 0.1) is 6.92 Å². The van der Waals surface area contributed by atoms with Crippen LogP contribution < -0.4 is 5.73 Å². The van der Waals surface area contributed by atoms with E-state index in [0.717, 1.165) is 28.3 Å². The topological polar surface area (TPSA) is 67.8 Å². The number of aryl methyl sites for hydroxylation is 1. The Balaban J connectivity index is 2.50. The molecule has 0 spiro atoms. The molecule has 0 aliphatic rings. The van der Waals surface area contributed by atoms with E-state index >= 15 is 0 Å². The molecule has 92 valence electrons. The maximum atomic E-state index is 5.81. The highest BCUT2D eigenvalue weighted by atomic mass is 16.3. The number of H-pyrrole nitrogens is 1. The summed E-state index contributed by atoms with van der Waals surface area (Å²) >= 11 is 0. The zero-order chi connectivity index (χ0) is 12.6. The first-order valence-electron chi connectivity index (χ1n) is 5.77. The molecule has 2 rings (SSSR count). The normalized spacial score (nSPS) is 12.1. The average molecular weight is 233 g/mol. The average Bonchev–Trinajstić information content (AvgIpc) is 2.81. The van der Waals surface area contributed by atoms with Gasteiger partial charge < -0.3 is 10.2 Å². The Labute approximate surface area is 101 Å². The number of aromatic amines is 1. The lowest BCUT2D eigenvalue weighted by Gasteiger charge is -2.13. The van der Waals surface area contributed by atoms with E-state index in [1.165, 1.54) is 0 Å². The Morgan fingerprint density at radius 2 is 2.12 bits per heavy atom. The summed E-state index contributed by atoms with van der Waals surface area (Å²) in [5, 5.41) is 7.02. The number of nitrogens with zero attached hydrogens (tertiary/aromatic N) is 1. The van der Waals surface area contributed by atoms with Gasteiger partial charge in [0.2, 0.25) is 0 Å². The molecule has 0 saturated heterocycles. The highest BCUT2D eigenvalue weighted by Crippen LogP contribution is 2.33. The van der Waals surface area contributed by atoms with Crippen LogP contribution in [-0.4, -0.2) is 10.2 Å². The molecular weight excluding hydrogens is 214 g/mol. The molecule has 0 aliphatic heterocycles. The van der Waals surface area contributed by atoms with Crippen LogP contribution in [0.15, 0.2) is 16.7 Å². The number of hydrogen-bond acceptors (Lipinski definition) is 3. The van der Waals surface area contributed by atoms with Gasteiger partial charge in [0.05, 0.1) is 11.9 Å². The summed E-state index contributed by atoms with van der Waals surface area (Å²) < 4.78 is 5.81. The van der Waals surface area contributed by atoms with Gasteiger partial charge in [-0.2, -0.15) is 5.10 Å². The van der Waals surface area contributed by atoms with Crippen LogP contribution in [0.4, 0.5) is 0 Å². The van der Waals surface area contributed by atoms with Crippen LogP contribution in [0.1, 0.15) is 37.9 Å². The van der Waals surface area contributed by atoms with E-state index in [9.17, 15) is 0 Å². The highest BCUT2D eigenvalue weighted by molar-refractivity contribution is 5.65. The summed E-state index contributed by atoms with van der Waals surface area (Å²) in [6, 6.07) is 2.07. The van der Waals surface area contributed by atoms with Crippen LogP contribution >= 0.6 is 0 Å². The van der Waals surface area contributed by atoms with Crippen molar-refractivity contribution in [2.45, 2.75) is 39.7 Å². The molecule has 0 aromatic carbocycles. The first kappa shape index (κ1) is 11.9.